The van der Waals surface area contributed by atoms with E-state index in [0.29, 0.717) is 0 Å². The van der Waals surface area contributed by atoms with Gasteiger partial charge in [0, 0.05) is 0 Å². The van der Waals surface area contributed by atoms with E-state index in [1.807, 2.05) is 0 Å². The normalized spacial score (nSPS) is 8.43. The molecule has 7 heteroatoms. The minimum atomic E-state index is -5.14. The maximum atomic E-state index is 8.66. The van der Waals surface area contributed by atoms with Crippen molar-refractivity contribution >= 4 is 56.5 Å². The van der Waals surface area contributed by atoms with Gasteiger partial charge in [-0.05, 0) is 11.0 Å². The minimum Gasteiger partial charge on any atom is -0.790 e. The molecule has 0 fully saturated rings. The molecule has 0 atom stereocenters. The van der Waals surface area contributed by atoms with Crippen LogP contribution in [0.1, 0.15) is 0 Å². The van der Waals surface area contributed by atoms with E-state index in [0.717, 1.165) is 0 Å². The van der Waals surface area contributed by atoms with Crippen LogP contribution < -0.4 is 9.79 Å². The van der Waals surface area contributed by atoms with E-state index < -0.39 is 7.82 Å². The molecule has 0 radical (unpaired) electrons. The van der Waals surface area contributed by atoms with Crippen LogP contribution in [0.3, 0.4) is 0 Å². The molecule has 0 spiro atoms. The summed E-state index contributed by atoms with van der Waals surface area (Å²) in [6.45, 7) is 0. The van der Waals surface area contributed by atoms with E-state index in [4.69, 9.17) is 19.2 Å². The van der Waals surface area contributed by atoms with Gasteiger partial charge < -0.3 is 19.2 Å². The quantitative estimate of drug-likeness (QED) is 0.295. The number of phosphoric acid groups is 1. The van der Waals surface area contributed by atoms with Crippen molar-refractivity contribution in [2.24, 2.45) is 0 Å². The van der Waals surface area contributed by atoms with Crippen molar-refractivity contribution in [3.8, 4) is 0 Å². The molecule has 0 bridgehead atoms. The zero-order chi connectivity index (χ0) is 4.50. The molecule has 0 aliphatic carbocycles. The largest absolute Gasteiger partial charge is 2.00 e. The van der Waals surface area contributed by atoms with Gasteiger partial charge in [0.1, 0.15) is 0 Å². The molecular weight excluding hydrogens is 163 g/mol. The van der Waals surface area contributed by atoms with Gasteiger partial charge in [-0.15, -0.1) is 0 Å². The van der Waals surface area contributed by atoms with Crippen LogP contribution in [-0.2, 0) is 4.57 Å². The molecule has 0 aromatic carbocycles. The number of hydrogen-bond acceptors (Lipinski definition) is 3. The van der Waals surface area contributed by atoms with Crippen LogP contribution in [0.15, 0.2) is 0 Å². The van der Waals surface area contributed by atoms with Crippen LogP contribution >= 0.6 is 7.82 Å². The maximum absolute atomic E-state index is 8.66. The van der Waals surface area contributed by atoms with E-state index in [1.165, 1.54) is 0 Å². The van der Waals surface area contributed by atoms with Crippen LogP contribution in [0, 0.1) is 0 Å². The summed E-state index contributed by atoms with van der Waals surface area (Å²) in [6.07, 6.45) is 0. The molecule has 0 saturated carbocycles. The minimum absolute atomic E-state index is 0. The summed E-state index contributed by atoms with van der Waals surface area (Å²) in [7, 11) is -5.14. The van der Waals surface area contributed by atoms with Crippen LogP contribution in [-0.4, -0.2) is 53.6 Å². The number of hydrogen-bond donors (Lipinski definition) is 1. The van der Waals surface area contributed by atoms with Gasteiger partial charge in [-0.1, -0.05) is 0 Å². The molecule has 4 nitrogen and oxygen atoms in total. The van der Waals surface area contributed by atoms with Crippen molar-refractivity contribution in [2.45, 2.75) is 0 Å². The van der Waals surface area contributed by atoms with Crippen molar-refractivity contribution < 1.29 is 19.2 Å². The first-order valence-corrected chi connectivity index (χ1v) is 2.24. The second kappa shape index (κ2) is 5.72. The Morgan fingerprint density at radius 3 is 1.43 bits per heavy atom. The summed E-state index contributed by atoms with van der Waals surface area (Å²) in [6, 6.07) is 0. The molecule has 0 aliphatic rings. The maximum Gasteiger partial charge on any atom is 2.00 e. The Labute approximate surface area is 75.2 Å². The van der Waals surface area contributed by atoms with Gasteiger partial charge in [0.05, 0.1) is 7.82 Å². The van der Waals surface area contributed by atoms with Crippen LogP contribution in [0.25, 0.3) is 0 Å². The second-order valence-corrected chi connectivity index (χ2v) is 1.41. The smallest absolute Gasteiger partial charge is 0.790 e. The van der Waals surface area contributed by atoms with Gasteiger partial charge >= 0.3 is 37.7 Å². The monoisotopic (exact) mass is 168 g/mol. The van der Waals surface area contributed by atoms with Crippen molar-refractivity contribution in [2.75, 3.05) is 0 Å². The molecule has 0 aromatic rings. The first-order chi connectivity index (χ1) is 2.00. The zero-order valence-corrected chi connectivity index (χ0v) is 5.93. The average Bonchev–Trinajstić information content (AvgIpc) is 0.722. The van der Waals surface area contributed by atoms with Gasteiger partial charge in [-0.25, -0.2) is 0 Å². The molecule has 1 N–H and O–H groups in total. The van der Waals surface area contributed by atoms with E-state index in [2.05, 4.69) is 0 Å². The van der Waals surface area contributed by atoms with Crippen molar-refractivity contribution in [1.29, 1.82) is 0 Å². The third kappa shape index (κ3) is 94.1. The van der Waals surface area contributed by atoms with Gasteiger partial charge in [-0.2, -0.15) is 0 Å². The van der Waals surface area contributed by atoms with Crippen molar-refractivity contribution in [3.63, 3.8) is 0 Å². The van der Waals surface area contributed by atoms with Gasteiger partial charge in [0.2, 0.25) is 0 Å². The summed E-state index contributed by atoms with van der Waals surface area (Å²) in [5.41, 5.74) is 0. The van der Waals surface area contributed by atoms with E-state index in [1.54, 1.807) is 0 Å². The van der Waals surface area contributed by atoms with Crippen molar-refractivity contribution in [3.05, 3.63) is 0 Å². The predicted molar refractivity (Wildman–Crippen MR) is 26.9 cm³/mol. The molecule has 7 heavy (non-hydrogen) atoms. The molecule has 0 rings (SSSR count). The Hall–Kier alpha value is 1.59. The Morgan fingerprint density at radius 2 is 1.43 bits per heavy atom. The van der Waals surface area contributed by atoms with Crippen LogP contribution in [0.2, 0.25) is 0 Å². The van der Waals surface area contributed by atoms with Crippen molar-refractivity contribution in [1.82, 2.24) is 0 Å². The summed E-state index contributed by atoms with van der Waals surface area (Å²) >= 11 is 0. The van der Waals surface area contributed by atoms with Crippen LogP contribution in [0.4, 0.5) is 0 Å². The Morgan fingerprint density at radius 1 is 1.43 bits per heavy atom. The third-order valence-electron chi connectivity index (χ3n) is 0. The Bertz CT molecular complexity index is 57.8. The van der Waals surface area contributed by atoms with Crippen LogP contribution in [0.5, 0.6) is 0 Å². The fourth-order valence-electron chi connectivity index (χ4n) is 0. The fourth-order valence-corrected chi connectivity index (χ4v) is 0. The predicted octanol–water partition coefficient (Wildman–Crippen LogP) is -4.02. The molecule has 0 heterocycles. The number of rotatable bonds is 0. The molecular formula is H5CaO4PSi. The van der Waals surface area contributed by atoms with Gasteiger partial charge in [0.25, 0.3) is 0 Å². The fraction of sp³-hybridized carbons (Fsp3) is 0. The third-order valence-corrected chi connectivity index (χ3v) is 0. The standard InChI is InChI=1S/Ca.H3O4P.H4Si/c;1-5(2,3)4;/h;(H3,1,2,3,4);1H4/q+2;;/p-2. The average molecular weight is 168 g/mol. The van der Waals surface area contributed by atoms with Gasteiger partial charge in [0.15, 0.2) is 0 Å². The second-order valence-electron chi connectivity index (χ2n) is 0.469. The van der Waals surface area contributed by atoms with E-state index in [9.17, 15) is 0 Å². The summed E-state index contributed by atoms with van der Waals surface area (Å²) in [5.74, 6) is 0. The first-order valence-electron chi connectivity index (χ1n) is 0.748. The molecule has 0 unspecified atom stereocenters. The van der Waals surface area contributed by atoms with E-state index in [-0.39, 0.29) is 48.7 Å². The first kappa shape index (κ1) is 15.8. The SMILES string of the molecule is O=P([O-])([O-])O.[Ca+2].[SiH4]. The molecule has 0 aromatic heterocycles. The van der Waals surface area contributed by atoms with E-state index >= 15 is 0 Å². The topological polar surface area (TPSA) is 83.4 Å². The molecule has 40 valence electrons. The zero-order valence-electron chi connectivity index (χ0n) is 2.83. The Balaban J connectivity index is -0.0000000800. The molecule has 0 aliphatic heterocycles. The Kier molecular flexibility index (Phi) is 12.9. The van der Waals surface area contributed by atoms with Gasteiger partial charge in [-0.3, -0.25) is 0 Å². The summed E-state index contributed by atoms with van der Waals surface area (Å²) < 4.78 is 8.66. The summed E-state index contributed by atoms with van der Waals surface area (Å²) in [5, 5.41) is 0. The molecule has 0 amide bonds. The molecule has 0 saturated heterocycles. The summed E-state index contributed by atoms with van der Waals surface area (Å²) in [4.78, 5) is 24.3.